The summed E-state index contributed by atoms with van der Waals surface area (Å²) in [4.78, 5) is 13.1. The molecule has 3 rings (SSSR count). The molecule has 1 fully saturated rings. The fraction of sp³-hybridized carbons (Fsp3) is 0.278. The van der Waals surface area contributed by atoms with E-state index >= 15 is 0 Å². The number of hydrogen-bond donors (Lipinski definition) is 0. The van der Waals surface area contributed by atoms with Gasteiger partial charge in [-0.25, -0.2) is 13.6 Å². The molecule has 0 atom stereocenters. The zero-order chi connectivity index (χ0) is 18.7. The standard InChI is InChI=1S/C18H17F2NO4S/c19-14-6-9-16(17(20)12-14)13-4-7-15(8-5-13)26(23,24)25-18(22)21-10-2-1-3-11-21/h4-9,12H,1-3,10-11H2. The van der Waals surface area contributed by atoms with Crippen LogP contribution in [-0.2, 0) is 14.3 Å². The summed E-state index contributed by atoms with van der Waals surface area (Å²) < 4.78 is 56.0. The average molecular weight is 381 g/mol. The molecule has 1 saturated heterocycles. The van der Waals surface area contributed by atoms with E-state index in [1.54, 1.807) is 0 Å². The summed E-state index contributed by atoms with van der Waals surface area (Å²) in [5.74, 6) is -1.45. The van der Waals surface area contributed by atoms with E-state index in [2.05, 4.69) is 4.18 Å². The van der Waals surface area contributed by atoms with Crippen LogP contribution in [0.25, 0.3) is 11.1 Å². The van der Waals surface area contributed by atoms with Gasteiger partial charge in [-0.1, -0.05) is 12.1 Å². The van der Waals surface area contributed by atoms with Crippen molar-refractivity contribution in [3.8, 4) is 11.1 Å². The van der Waals surface area contributed by atoms with Gasteiger partial charge in [0.2, 0.25) is 0 Å². The van der Waals surface area contributed by atoms with Crippen LogP contribution in [0.15, 0.2) is 47.4 Å². The highest BCUT2D eigenvalue weighted by Crippen LogP contribution is 2.25. The Labute approximate surface area is 150 Å². The fourth-order valence-corrected chi connectivity index (χ4v) is 3.65. The molecule has 1 amide bonds. The van der Waals surface area contributed by atoms with Gasteiger partial charge in [0, 0.05) is 24.7 Å². The Bertz CT molecular complexity index is 907. The summed E-state index contributed by atoms with van der Waals surface area (Å²) in [7, 11) is -4.27. The third kappa shape index (κ3) is 4.01. The molecule has 0 aliphatic carbocycles. The number of hydrogen-bond acceptors (Lipinski definition) is 4. The first kappa shape index (κ1) is 18.3. The first-order valence-electron chi connectivity index (χ1n) is 8.16. The molecule has 0 unspecified atom stereocenters. The van der Waals surface area contributed by atoms with Crippen molar-refractivity contribution in [1.29, 1.82) is 0 Å². The van der Waals surface area contributed by atoms with Gasteiger partial charge in [0.15, 0.2) is 0 Å². The van der Waals surface area contributed by atoms with Gasteiger partial charge >= 0.3 is 16.2 Å². The second-order valence-corrected chi connectivity index (χ2v) is 7.55. The monoisotopic (exact) mass is 381 g/mol. The van der Waals surface area contributed by atoms with Gasteiger partial charge in [0.1, 0.15) is 16.5 Å². The molecule has 26 heavy (non-hydrogen) atoms. The molecule has 1 aliphatic rings. The van der Waals surface area contributed by atoms with Crippen LogP contribution in [0.2, 0.25) is 0 Å². The highest BCUT2D eigenvalue weighted by atomic mass is 32.2. The Kier molecular flexibility index (Phi) is 5.22. The molecule has 138 valence electrons. The number of rotatable bonds is 3. The van der Waals surface area contributed by atoms with Crippen LogP contribution >= 0.6 is 0 Å². The Morgan fingerprint density at radius 1 is 0.962 bits per heavy atom. The minimum atomic E-state index is -4.27. The number of nitrogens with zero attached hydrogens (tertiary/aromatic N) is 1. The number of carbonyl (C=O) groups excluding carboxylic acids is 1. The smallest absolute Gasteiger partial charge is 0.324 e. The predicted molar refractivity (Wildman–Crippen MR) is 90.9 cm³/mol. The highest BCUT2D eigenvalue weighted by Gasteiger charge is 2.25. The van der Waals surface area contributed by atoms with E-state index < -0.39 is 27.8 Å². The van der Waals surface area contributed by atoms with Crippen molar-refractivity contribution < 1.29 is 26.2 Å². The minimum Gasteiger partial charge on any atom is -0.324 e. The van der Waals surface area contributed by atoms with Crippen molar-refractivity contribution in [3.63, 3.8) is 0 Å². The summed E-state index contributed by atoms with van der Waals surface area (Å²) in [5, 5.41) is 0. The molecular formula is C18H17F2NO4S. The number of halogens is 2. The van der Waals surface area contributed by atoms with Crippen LogP contribution in [0, 0.1) is 11.6 Å². The van der Waals surface area contributed by atoms with Gasteiger partial charge in [-0.3, -0.25) is 0 Å². The normalized spacial score (nSPS) is 14.9. The maximum Gasteiger partial charge on any atom is 0.425 e. The average Bonchev–Trinajstić information content (AvgIpc) is 2.62. The van der Waals surface area contributed by atoms with Crippen LogP contribution in [0.4, 0.5) is 13.6 Å². The summed E-state index contributed by atoms with van der Waals surface area (Å²) in [6.45, 7) is 0.939. The maximum atomic E-state index is 13.8. The van der Waals surface area contributed by atoms with E-state index in [1.807, 2.05) is 0 Å². The topological polar surface area (TPSA) is 63.7 Å². The van der Waals surface area contributed by atoms with Crippen molar-refractivity contribution in [3.05, 3.63) is 54.1 Å². The lowest BCUT2D eigenvalue weighted by atomic mass is 10.1. The number of carbonyl (C=O) groups is 1. The lowest BCUT2D eigenvalue weighted by molar-refractivity contribution is 0.145. The second-order valence-electron chi connectivity index (χ2n) is 6.00. The van der Waals surface area contributed by atoms with Gasteiger partial charge in [0.05, 0.1) is 0 Å². The first-order chi connectivity index (χ1) is 12.4. The largest absolute Gasteiger partial charge is 0.425 e. The molecule has 0 saturated carbocycles. The first-order valence-corrected chi connectivity index (χ1v) is 9.56. The number of amides is 1. The summed E-state index contributed by atoms with van der Waals surface area (Å²) >= 11 is 0. The minimum absolute atomic E-state index is 0.139. The molecule has 1 heterocycles. The number of piperidine rings is 1. The molecule has 0 aromatic heterocycles. The maximum absolute atomic E-state index is 13.8. The summed E-state index contributed by atoms with van der Waals surface area (Å²) in [6, 6.07) is 8.32. The van der Waals surface area contributed by atoms with E-state index in [9.17, 15) is 22.0 Å². The Balaban J connectivity index is 1.77. The quantitative estimate of drug-likeness (QED) is 0.756. The van der Waals surface area contributed by atoms with E-state index in [-0.39, 0.29) is 10.5 Å². The SMILES string of the molecule is O=C(OS(=O)(=O)c1ccc(-c2ccc(F)cc2F)cc1)N1CCCCC1. The van der Waals surface area contributed by atoms with E-state index in [0.717, 1.165) is 31.4 Å². The number of benzene rings is 2. The molecule has 0 radical (unpaired) electrons. The predicted octanol–water partition coefficient (Wildman–Crippen LogP) is 3.94. The molecule has 1 aliphatic heterocycles. The Morgan fingerprint density at radius 2 is 1.62 bits per heavy atom. The van der Waals surface area contributed by atoms with Crippen LogP contribution in [-0.4, -0.2) is 32.5 Å². The highest BCUT2D eigenvalue weighted by molar-refractivity contribution is 7.87. The van der Waals surface area contributed by atoms with Crippen LogP contribution < -0.4 is 0 Å². The van der Waals surface area contributed by atoms with Gasteiger partial charge in [-0.05, 0) is 49.1 Å². The molecule has 2 aromatic rings. The van der Waals surface area contributed by atoms with Gasteiger partial charge in [-0.15, -0.1) is 0 Å². The third-order valence-electron chi connectivity index (χ3n) is 4.18. The van der Waals surface area contributed by atoms with Crippen molar-refractivity contribution >= 4 is 16.2 Å². The third-order valence-corrected chi connectivity index (χ3v) is 5.39. The Hall–Kier alpha value is -2.48. The van der Waals surface area contributed by atoms with Gasteiger partial charge in [0.25, 0.3) is 0 Å². The van der Waals surface area contributed by atoms with E-state index in [0.29, 0.717) is 18.7 Å². The summed E-state index contributed by atoms with van der Waals surface area (Å²) in [5.41, 5.74) is 0.518. The van der Waals surface area contributed by atoms with Gasteiger partial charge < -0.3 is 9.08 Å². The van der Waals surface area contributed by atoms with Crippen molar-refractivity contribution in [2.24, 2.45) is 0 Å². The molecule has 0 spiro atoms. The van der Waals surface area contributed by atoms with E-state index in [1.165, 1.54) is 35.2 Å². The molecular weight excluding hydrogens is 364 g/mol. The summed E-state index contributed by atoms with van der Waals surface area (Å²) in [6.07, 6.45) is 1.73. The fourth-order valence-electron chi connectivity index (χ4n) is 2.80. The van der Waals surface area contributed by atoms with Crippen LogP contribution in [0.1, 0.15) is 19.3 Å². The second kappa shape index (κ2) is 7.41. The van der Waals surface area contributed by atoms with Crippen molar-refractivity contribution in [1.82, 2.24) is 4.90 Å². The molecule has 8 heteroatoms. The zero-order valence-electron chi connectivity index (χ0n) is 13.8. The molecule has 2 aromatic carbocycles. The molecule has 5 nitrogen and oxygen atoms in total. The zero-order valence-corrected chi connectivity index (χ0v) is 14.6. The Morgan fingerprint density at radius 3 is 2.23 bits per heavy atom. The van der Waals surface area contributed by atoms with Gasteiger partial charge in [-0.2, -0.15) is 8.42 Å². The number of likely N-dealkylation sites (tertiary alicyclic amines) is 1. The van der Waals surface area contributed by atoms with Crippen molar-refractivity contribution in [2.45, 2.75) is 24.2 Å². The van der Waals surface area contributed by atoms with E-state index in [4.69, 9.17) is 0 Å². The molecule has 0 bridgehead atoms. The van der Waals surface area contributed by atoms with Crippen LogP contribution in [0.3, 0.4) is 0 Å². The lowest BCUT2D eigenvalue weighted by Gasteiger charge is -2.25. The van der Waals surface area contributed by atoms with Crippen molar-refractivity contribution in [2.75, 3.05) is 13.1 Å². The lowest BCUT2D eigenvalue weighted by Crippen LogP contribution is -2.37. The van der Waals surface area contributed by atoms with Crippen LogP contribution in [0.5, 0.6) is 0 Å². The molecule has 0 N–H and O–H groups in total.